The molecular weight excluding hydrogens is 509 g/mol. The maximum atomic E-state index is 13.2. The number of carbonyl (C=O) groups is 1. The number of aromatic nitrogens is 2. The number of furan rings is 1. The van der Waals surface area contributed by atoms with Gasteiger partial charge in [0.2, 0.25) is 11.0 Å². The maximum Gasteiger partial charge on any atom is 0.416 e. The third-order valence-electron chi connectivity index (χ3n) is 6.15. The Hall–Kier alpha value is -3.77. The van der Waals surface area contributed by atoms with Gasteiger partial charge in [-0.2, -0.15) is 17.5 Å². The van der Waals surface area contributed by atoms with E-state index >= 15 is 0 Å². The molecular formula is C25H21F3N4O4S. The highest BCUT2D eigenvalue weighted by molar-refractivity contribution is 7.89. The second-order valence-corrected chi connectivity index (χ2v) is 10.4. The quantitative estimate of drug-likeness (QED) is 0.397. The summed E-state index contributed by atoms with van der Waals surface area (Å²) in [7, 11) is -4.03. The zero-order valence-electron chi connectivity index (χ0n) is 19.3. The largest absolute Gasteiger partial charge is 0.443 e. The van der Waals surface area contributed by atoms with Gasteiger partial charge in [-0.25, -0.2) is 18.4 Å². The maximum absolute atomic E-state index is 13.2. The van der Waals surface area contributed by atoms with Gasteiger partial charge in [-0.3, -0.25) is 4.79 Å². The van der Waals surface area contributed by atoms with Gasteiger partial charge in [-0.1, -0.05) is 30.3 Å². The van der Waals surface area contributed by atoms with Gasteiger partial charge in [0.1, 0.15) is 18.0 Å². The van der Waals surface area contributed by atoms with E-state index < -0.39 is 33.7 Å². The molecule has 5 rings (SSSR count). The van der Waals surface area contributed by atoms with Crippen molar-refractivity contribution in [2.24, 2.45) is 0 Å². The normalized spacial score (nSPS) is 16.8. The van der Waals surface area contributed by atoms with Crippen LogP contribution < -0.4 is 5.32 Å². The smallest absolute Gasteiger partial charge is 0.416 e. The highest BCUT2D eigenvalue weighted by Crippen LogP contribution is 2.31. The van der Waals surface area contributed by atoms with Crippen LogP contribution in [0.5, 0.6) is 0 Å². The predicted molar refractivity (Wildman–Crippen MR) is 127 cm³/mol. The summed E-state index contributed by atoms with van der Waals surface area (Å²) in [6, 6.07) is 13.6. The molecule has 1 aliphatic rings. The number of nitrogens with one attached hydrogen (secondary N) is 1. The van der Waals surface area contributed by atoms with Crippen LogP contribution in [-0.4, -0.2) is 41.2 Å². The third-order valence-corrected chi connectivity index (χ3v) is 7.91. The van der Waals surface area contributed by atoms with Crippen LogP contribution in [0.15, 0.2) is 76.5 Å². The molecule has 8 nitrogen and oxygen atoms in total. The number of fused-ring (bicyclic) bond motifs is 1. The Bertz CT molecular complexity index is 1520. The first kappa shape index (κ1) is 24.9. The Morgan fingerprint density at radius 2 is 1.84 bits per heavy atom. The SMILES string of the molecule is O=C(NCc1cc(-c2ccc(C(F)(F)F)cc2)ncn1)C1CCCN1S(=O)(=O)c1cc2ccccc2o1. The van der Waals surface area contributed by atoms with Crippen molar-refractivity contribution in [3.63, 3.8) is 0 Å². The van der Waals surface area contributed by atoms with Crippen LogP contribution in [-0.2, 0) is 27.5 Å². The zero-order chi connectivity index (χ0) is 26.2. The number of para-hydroxylation sites is 1. The highest BCUT2D eigenvalue weighted by Gasteiger charge is 2.41. The summed E-state index contributed by atoms with van der Waals surface area (Å²) < 4.78 is 71.6. The Kier molecular flexibility index (Phi) is 6.46. The van der Waals surface area contributed by atoms with Gasteiger partial charge < -0.3 is 9.73 Å². The number of hydrogen-bond acceptors (Lipinski definition) is 6. The molecule has 192 valence electrons. The molecule has 3 heterocycles. The number of alkyl halides is 3. The Morgan fingerprint density at radius 3 is 2.57 bits per heavy atom. The van der Waals surface area contributed by atoms with E-state index in [0.29, 0.717) is 40.8 Å². The van der Waals surface area contributed by atoms with Gasteiger partial charge in [0.05, 0.1) is 23.5 Å². The second kappa shape index (κ2) is 9.60. The number of nitrogens with zero attached hydrogens (tertiary/aromatic N) is 3. The zero-order valence-corrected chi connectivity index (χ0v) is 20.1. The van der Waals surface area contributed by atoms with Gasteiger partial charge in [-0.15, -0.1) is 0 Å². The van der Waals surface area contributed by atoms with Crippen molar-refractivity contribution in [3.05, 3.63) is 78.2 Å². The minimum absolute atomic E-state index is 0.00991. The lowest BCUT2D eigenvalue weighted by Crippen LogP contribution is -2.45. The molecule has 0 spiro atoms. The Labute approximate surface area is 210 Å². The van der Waals surface area contributed by atoms with Crippen LogP contribution in [0.3, 0.4) is 0 Å². The molecule has 0 bridgehead atoms. The van der Waals surface area contributed by atoms with Crippen molar-refractivity contribution in [2.75, 3.05) is 6.54 Å². The molecule has 0 saturated carbocycles. The van der Waals surface area contributed by atoms with E-state index in [0.717, 1.165) is 16.4 Å². The molecule has 2 aromatic heterocycles. The molecule has 1 N–H and O–H groups in total. The molecule has 1 aliphatic heterocycles. The summed E-state index contributed by atoms with van der Waals surface area (Å²) in [6.07, 6.45) is -2.32. The van der Waals surface area contributed by atoms with Crippen molar-refractivity contribution < 1.29 is 30.8 Å². The number of halogens is 3. The van der Waals surface area contributed by atoms with E-state index in [9.17, 15) is 26.4 Å². The van der Waals surface area contributed by atoms with Crippen LogP contribution >= 0.6 is 0 Å². The molecule has 1 amide bonds. The van der Waals surface area contributed by atoms with Crippen LogP contribution in [0, 0.1) is 0 Å². The first-order valence-corrected chi connectivity index (χ1v) is 12.8. The Balaban J connectivity index is 1.28. The van der Waals surface area contributed by atoms with Crippen molar-refractivity contribution in [1.82, 2.24) is 19.6 Å². The number of benzene rings is 2. The van der Waals surface area contributed by atoms with Gasteiger partial charge >= 0.3 is 6.18 Å². The minimum Gasteiger partial charge on any atom is -0.443 e. The topological polar surface area (TPSA) is 105 Å². The van der Waals surface area contributed by atoms with Crippen LogP contribution in [0.25, 0.3) is 22.2 Å². The summed E-state index contributed by atoms with van der Waals surface area (Å²) in [5.74, 6) is -0.480. The molecule has 0 aliphatic carbocycles. The lowest BCUT2D eigenvalue weighted by molar-refractivity contribution is -0.137. The number of rotatable bonds is 6. The predicted octanol–water partition coefficient (Wildman–Crippen LogP) is 4.38. The van der Waals surface area contributed by atoms with E-state index in [4.69, 9.17) is 4.42 Å². The van der Waals surface area contributed by atoms with E-state index in [2.05, 4.69) is 15.3 Å². The van der Waals surface area contributed by atoms with Crippen LogP contribution in [0.1, 0.15) is 24.1 Å². The molecule has 1 saturated heterocycles. The fraction of sp³-hybridized carbons (Fsp3) is 0.240. The third kappa shape index (κ3) is 5.07. The fourth-order valence-electron chi connectivity index (χ4n) is 4.27. The van der Waals surface area contributed by atoms with Crippen molar-refractivity contribution in [3.8, 4) is 11.3 Å². The average Bonchev–Trinajstić information content (AvgIpc) is 3.55. The number of hydrogen-bond donors (Lipinski definition) is 1. The van der Waals surface area contributed by atoms with E-state index in [1.165, 1.54) is 24.5 Å². The summed E-state index contributed by atoms with van der Waals surface area (Å²) in [5, 5.41) is 3.14. The molecule has 2 aromatic carbocycles. The summed E-state index contributed by atoms with van der Waals surface area (Å²) in [5.41, 5.74) is 0.943. The van der Waals surface area contributed by atoms with Gasteiger partial charge in [0.25, 0.3) is 10.0 Å². The summed E-state index contributed by atoms with van der Waals surface area (Å²) in [6.45, 7) is 0.174. The first-order chi connectivity index (χ1) is 17.6. The van der Waals surface area contributed by atoms with Crippen LogP contribution in [0.4, 0.5) is 13.2 Å². The number of amides is 1. The van der Waals surface area contributed by atoms with E-state index in [1.807, 2.05) is 0 Å². The van der Waals surface area contributed by atoms with E-state index in [1.54, 1.807) is 30.3 Å². The molecule has 0 radical (unpaired) electrons. The monoisotopic (exact) mass is 530 g/mol. The van der Waals surface area contributed by atoms with Crippen molar-refractivity contribution in [1.29, 1.82) is 0 Å². The molecule has 4 aromatic rings. The molecule has 1 atom stereocenters. The van der Waals surface area contributed by atoms with Crippen molar-refractivity contribution >= 4 is 26.9 Å². The molecule has 1 unspecified atom stereocenters. The number of sulfonamides is 1. The second-order valence-electron chi connectivity index (χ2n) is 8.56. The minimum atomic E-state index is -4.44. The van der Waals surface area contributed by atoms with Gasteiger partial charge in [0, 0.05) is 23.6 Å². The summed E-state index contributed by atoms with van der Waals surface area (Å²) in [4.78, 5) is 21.2. The van der Waals surface area contributed by atoms with Gasteiger partial charge in [0.15, 0.2) is 0 Å². The van der Waals surface area contributed by atoms with Crippen LogP contribution in [0.2, 0.25) is 0 Å². The Morgan fingerprint density at radius 1 is 1.08 bits per heavy atom. The molecule has 1 fully saturated rings. The van der Waals surface area contributed by atoms with Gasteiger partial charge in [-0.05, 0) is 37.1 Å². The highest BCUT2D eigenvalue weighted by atomic mass is 32.2. The standard InChI is InChI=1S/C25H21F3N4O4S/c26-25(27,28)18-9-7-16(8-10-18)20-13-19(30-15-31-20)14-29-24(33)21-5-3-11-32(21)37(34,35)23-12-17-4-1-2-6-22(17)36-23/h1-2,4,6-10,12-13,15,21H,3,5,11,14H2,(H,29,33). The fourth-order valence-corrected chi connectivity index (χ4v) is 5.88. The summed E-state index contributed by atoms with van der Waals surface area (Å²) >= 11 is 0. The number of carbonyl (C=O) groups excluding carboxylic acids is 1. The first-order valence-electron chi connectivity index (χ1n) is 11.4. The van der Waals surface area contributed by atoms with Crippen molar-refractivity contribution in [2.45, 2.75) is 36.7 Å². The lowest BCUT2D eigenvalue weighted by atomic mass is 10.1. The average molecular weight is 531 g/mol. The molecule has 37 heavy (non-hydrogen) atoms. The van der Waals surface area contributed by atoms with E-state index in [-0.39, 0.29) is 18.2 Å². The molecule has 12 heteroatoms. The lowest BCUT2D eigenvalue weighted by Gasteiger charge is -2.22.